The SMILES string of the molecule is CCOC(=O)CC(C)N1CCC(Cc2ccccc2)CC1. The smallest absolute Gasteiger partial charge is 0.307 e. The molecule has 1 aromatic rings. The maximum Gasteiger partial charge on any atom is 0.307 e. The molecule has 0 radical (unpaired) electrons. The van der Waals surface area contributed by atoms with Crippen molar-refractivity contribution in [2.45, 2.75) is 45.6 Å². The minimum absolute atomic E-state index is 0.0728. The fraction of sp³-hybridized carbons (Fsp3) is 0.611. The van der Waals surface area contributed by atoms with Crippen LogP contribution in [0.5, 0.6) is 0 Å². The van der Waals surface area contributed by atoms with Gasteiger partial charge in [0.2, 0.25) is 0 Å². The monoisotopic (exact) mass is 289 g/mol. The third-order valence-corrected chi connectivity index (χ3v) is 4.41. The van der Waals surface area contributed by atoms with E-state index in [4.69, 9.17) is 4.74 Å². The Morgan fingerprint density at radius 1 is 1.29 bits per heavy atom. The van der Waals surface area contributed by atoms with Crippen molar-refractivity contribution in [1.29, 1.82) is 0 Å². The maximum absolute atomic E-state index is 11.6. The van der Waals surface area contributed by atoms with Gasteiger partial charge in [0, 0.05) is 6.04 Å². The van der Waals surface area contributed by atoms with Crippen LogP contribution in [0.15, 0.2) is 30.3 Å². The summed E-state index contributed by atoms with van der Waals surface area (Å²) < 4.78 is 5.04. The highest BCUT2D eigenvalue weighted by Gasteiger charge is 2.24. The molecule has 0 amide bonds. The largest absolute Gasteiger partial charge is 0.466 e. The number of hydrogen-bond acceptors (Lipinski definition) is 3. The summed E-state index contributed by atoms with van der Waals surface area (Å²) in [5.41, 5.74) is 1.44. The van der Waals surface area contributed by atoms with Gasteiger partial charge in [-0.25, -0.2) is 0 Å². The zero-order chi connectivity index (χ0) is 15.1. The Balaban J connectivity index is 1.74. The number of rotatable bonds is 6. The summed E-state index contributed by atoms with van der Waals surface area (Å²) in [6.07, 6.45) is 4.14. The summed E-state index contributed by atoms with van der Waals surface area (Å²) in [4.78, 5) is 14.0. The molecule has 0 N–H and O–H groups in total. The molecule has 0 aliphatic carbocycles. The summed E-state index contributed by atoms with van der Waals surface area (Å²) in [6, 6.07) is 11.0. The fourth-order valence-corrected chi connectivity index (χ4v) is 3.14. The normalized spacial score (nSPS) is 18.4. The second-order valence-electron chi connectivity index (χ2n) is 6.03. The minimum Gasteiger partial charge on any atom is -0.466 e. The number of carbonyl (C=O) groups excluding carboxylic acids is 1. The molecular weight excluding hydrogens is 262 g/mol. The summed E-state index contributed by atoms with van der Waals surface area (Å²) in [7, 11) is 0. The first kappa shape index (κ1) is 16.0. The second-order valence-corrected chi connectivity index (χ2v) is 6.03. The van der Waals surface area contributed by atoms with Gasteiger partial charge in [0.15, 0.2) is 0 Å². The van der Waals surface area contributed by atoms with Gasteiger partial charge >= 0.3 is 5.97 Å². The first-order valence-corrected chi connectivity index (χ1v) is 8.12. The molecule has 21 heavy (non-hydrogen) atoms. The molecule has 3 nitrogen and oxygen atoms in total. The quantitative estimate of drug-likeness (QED) is 0.753. The van der Waals surface area contributed by atoms with Crippen LogP contribution in [0.1, 0.15) is 38.7 Å². The molecule has 0 bridgehead atoms. The van der Waals surface area contributed by atoms with Crippen LogP contribution in [0.2, 0.25) is 0 Å². The molecule has 1 unspecified atom stereocenters. The van der Waals surface area contributed by atoms with Crippen LogP contribution >= 0.6 is 0 Å². The number of esters is 1. The van der Waals surface area contributed by atoms with E-state index in [2.05, 4.69) is 42.2 Å². The molecule has 0 saturated carbocycles. The van der Waals surface area contributed by atoms with Gasteiger partial charge in [-0.1, -0.05) is 30.3 Å². The van der Waals surface area contributed by atoms with E-state index in [-0.39, 0.29) is 5.97 Å². The topological polar surface area (TPSA) is 29.5 Å². The van der Waals surface area contributed by atoms with E-state index in [1.54, 1.807) is 0 Å². The average Bonchev–Trinajstić information content (AvgIpc) is 2.49. The van der Waals surface area contributed by atoms with Crippen LogP contribution in [-0.4, -0.2) is 36.6 Å². The predicted molar refractivity (Wildman–Crippen MR) is 85.2 cm³/mol. The molecule has 2 rings (SSSR count). The lowest BCUT2D eigenvalue weighted by molar-refractivity contribution is -0.144. The predicted octanol–water partition coefficient (Wildman–Crippen LogP) is 3.28. The lowest BCUT2D eigenvalue weighted by Gasteiger charge is -2.35. The number of likely N-dealkylation sites (tertiary alicyclic amines) is 1. The van der Waals surface area contributed by atoms with Crippen molar-refractivity contribution in [3.8, 4) is 0 Å². The minimum atomic E-state index is -0.0728. The molecular formula is C18H27NO2. The van der Waals surface area contributed by atoms with Gasteiger partial charge < -0.3 is 9.64 Å². The van der Waals surface area contributed by atoms with E-state index in [1.165, 1.54) is 24.8 Å². The van der Waals surface area contributed by atoms with Crippen LogP contribution in [0.3, 0.4) is 0 Å². The van der Waals surface area contributed by atoms with Gasteiger partial charge in [-0.05, 0) is 57.7 Å². The van der Waals surface area contributed by atoms with E-state index in [0.29, 0.717) is 19.1 Å². The van der Waals surface area contributed by atoms with Crippen molar-refractivity contribution in [1.82, 2.24) is 4.90 Å². The Labute approximate surface area is 128 Å². The third kappa shape index (κ3) is 5.16. The Morgan fingerprint density at radius 2 is 1.95 bits per heavy atom. The summed E-state index contributed by atoms with van der Waals surface area (Å²) in [5, 5.41) is 0. The average molecular weight is 289 g/mol. The lowest BCUT2D eigenvalue weighted by Crippen LogP contribution is -2.41. The molecule has 1 fully saturated rings. The number of benzene rings is 1. The molecule has 1 aliphatic heterocycles. The summed E-state index contributed by atoms with van der Waals surface area (Å²) in [5.74, 6) is 0.704. The Hall–Kier alpha value is -1.35. The molecule has 1 aliphatic rings. The Kier molecular flexibility index (Phi) is 6.24. The highest BCUT2D eigenvalue weighted by Crippen LogP contribution is 2.23. The summed E-state index contributed by atoms with van der Waals surface area (Å²) in [6.45, 7) is 6.66. The van der Waals surface area contributed by atoms with Crippen molar-refractivity contribution in [2.24, 2.45) is 5.92 Å². The molecule has 1 atom stereocenters. The van der Waals surface area contributed by atoms with Gasteiger partial charge in [0.05, 0.1) is 13.0 Å². The van der Waals surface area contributed by atoms with Crippen molar-refractivity contribution < 1.29 is 9.53 Å². The number of hydrogen-bond donors (Lipinski definition) is 0. The van der Waals surface area contributed by atoms with E-state index in [0.717, 1.165) is 19.0 Å². The van der Waals surface area contributed by atoms with Gasteiger partial charge in [-0.15, -0.1) is 0 Å². The second kappa shape index (κ2) is 8.18. The van der Waals surface area contributed by atoms with Crippen LogP contribution in [0, 0.1) is 5.92 Å². The molecule has 3 heteroatoms. The number of ether oxygens (including phenoxy) is 1. The van der Waals surface area contributed by atoms with Gasteiger partial charge in [-0.2, -0.15) is 0 Å². The highest BCUT2D eigenvalue weighted by molar-refractivity contribution is 5.70. The molecule has 116 valence electrons. The van der Waals surface area contributed by atoms with E-state index in [1.807, 2.05) is 6.92 Å². The molecule has 1 heterocycles. The van der Waals surface area contributed by atoms with Crippen LogP contribution < -0.4 is 0 Å². The molecule has 0 spiro atoms. The van der Waals surface area contributed by atoms with Crippen molar-refractivity contribution in [3.63, 3.8) is 0 Å². The zero-order valence-electron chi connectivity index (χ0n) is 13.3. The first-order chi connectivity index (χ1) is 10.2. The van der Waals surface area contributed by atoms with Crippen LogP contribution in [0.25, 0.3) is 0 Å². The first-order valence-electron chi connectivity index (χ1n) is 8.12. The van der Waals surface area contributed by atoms with Crippen LogP contribution in [-0.2, 0) is 16.0 Å². The van der Waals surface area contributed by atoms with Gasteiger partial charge in [0.25, 0.3) is 0 Å². The Bertz CT molecular complexity index is 424. The standard InChI is InChI=1S/C18H27NO2/c1-3-21-18(20)13-15(2)19-11-9-17(10-12-19)14-16-7-5-4-6-8-16/h4-8,15,17H,3,9-14H2,1-2H3. The van der Waals surface area contributed by atoms with E-state index < -0.39 is 0 Å². The zero-order valence-corrected chi connectivity index (χ0v) is 13.3. The maximum atomic E-state index is 11.6. The number of piperidine rings is 1. The van der Waals surface area contributed by atoms with Gasteiger partial charge in [0.1, 0.15) is 0 Å². The van der Waals surface area contributed by atoms with E-state index >= 15 is 0 Å². The third-order valence-electron chi connectivity index (χ3n) is 4.41. The van der Waals surface area contributed by atoms with Gasteiger partial charge in [-0.3, -0.25) is 4.79 Å². The Morgan fingerprint density at radius 3 is 2.57 bits per heavy atom. The fourth-order valence-electron chi connectivity index (χ4n) is 3.14. The van der Waals surface area contributed by atoms with Crippen molar-refractivity contribution >= 4 is 5.97 Å². The summed E-state index contributed by atoms with van der Waals surface area (Å²) >= 11 is 0. The van der Waals surface area contributed by atoms with Crippen molar-refractivity contribution in [3.05, 3.63) is 35.9 Å². The van der Waals surface area contributed by atoms with Crippen LogP contribution in [0.4, 0.5) is 0 Å². The lowest BCUT2D eigenvalue weighted by atomic mass is 9.89. The molecule has 1 aromatic carbocycles. The molecule has 0 aromatic heterocycles. The van der Waals surface area contributed by atoms with E-state index in [9.17, 15) is 4.79 Å². The highest BCUT2D eigenvalue weighted by atomic mass is 16.5. The number of carbonyl (C=O) groups is 1. The van der Waals surface area contributed by atoms with Crippen molar-refractivity contribution in [2.75, 3.05) is 19.7 Å². The molecule has 1 saturated heterocycles. The number of nitrogens with zero attached hydrogens (tertiary/aromatic N) is 1.